The number of hydrogen-bond donors (Lipinski definition) is 1. The SMILES string of the molecule is CCCCc1ccc(-c2c(C(=O)O)noc2C)cc1. The van der Waals surface area contributed by atoms with Gasteiger partial charge in [-0.15, -0.1) is 0 Å². The topological polar surface area (TPSA) is 63.3 Å². The molecule has 1 heterocycles. The lowest BCUT2D eigenvalue weighted by Gasteiger charge is -2.03. The van der Waals surface area contributed by atoms with E-state index in [1.807, 2.05) is 24.3 Å². The summed E-state index contributed by atoms with van der Waals surface area (Å²) in [6.07, 6.45) is 3.37. The minimum atomic E-state index is -1.07. The molecular formula is C15H17NO3. The van der Waals surface area contributed by atoms with Crippen molar-refractivity contribution in [3.05, 3.63) is 41.3 Å². The number of unbranched alkanes of at least 4 members (excludes halogenated alkanes) is 1. The summed E-state index contributed by atoms with van der Waals surface area (Å²) >= 11 is 0. The second kappa shape index (κ2) is 5.69. The standard InChI is InChI=1S/C15H17NO3/c1-3-4-5-11-6-8-12(9-7-11)13-10(2)19-16-14(13)15(17)18/h6-9H,3-5H2,1-2H3,(H,17,18). The number of aromatic nitrogens is 1. The zero-order valence-corrected chi connectivity index (χ0v) is 11.1. The first-order chi connectivity index (χ1) is 9.13. The van der Waals surface area contributed by atoms with Crippen molar-refractivity contribution >= 4 is 5.97 Å². The van der Waals surface area contributed by atoms with Gasteiger partial charge in [0.25, 0.3) is 0 Å². The van der Waals surface area contributed by atoms with Gasteiger partial charge in [-0.1, -0.05) is 42.8 Å². The van der Waals surface area contributed by atoms with Gasteiger partial charge in [0.15, 0.2) is 5.69 Å². The van der Waals surface area contributed by atoms with Gasteiger partial charge < -0.3 is 9.63 Å². The van der Waals surface area contributed by atoms with Crippen LogP contribution >= 0.6 is 0 Å². The number of carbonyl (C=O) groups is 1. The minimum absolute atomic E-state index is 0.0289. The minimum Gasteiger partial charge on any atom is -0.476 e. The number of rotatable bonds is 5. The third-order valence-corrected chi connectivity index (χ3v) is 3.13. The fraction of sp³-hybridized carbons (Fsp3) is 0.333. The van der Waals surface area contributed by atoms with Crippen LogP contribution in [0.5, 0.6) is 0 Å². The molecule has 1 aromatic heterocycles. The van der Waals surface area contributed by atoms with Crippen molar-refractivity contribution in [2.45, 2.75) is 33.1 Å². The molecule has 1 aromatic carbocycles. The Hall–Kier alpha value is -2.10. The number of carboxylic acids is 1. The molecule has 0 aliphatic carbocycles. The van der Waals surface area contributed by atoms with Crippen LogP contribution in [0.25, 0.3) is 11.1 Å². The number of aryl methyl sites for hydroxylation is 2. The van der Waals surface area contributed by atoms with Gasteiger partial charge >= 0.3 is 5.97 Å². The van der Waals surface area contributed by atoms with Gasteiger partial charge in [0.1, 0.15) is 5.76 Å². The van der Waals surface area contributed by atoms with E-state index in [2.05, 4.69) is 12.1 Å². The maximum atomic E-state index is 11.1. The molecule has 100 valence electrons. The fourth-order valence-electron chi connectivity index (χ4n) is 2.08. The van der Waals surface area contributed by atoms with Crippen molar-refractivity contribution in [2.75, 3.05) is 0 Å². The van der Waals surface area contributed by atoms with E-state index in [-0.39, 0.29) is 5.69 Å². The number of nitrogens with zero attached hydrogens (tertiary/aromatic N) is 1. The average Bonchev–Trinajstić information content (AvgIpc) is 2.79. The molecule has 0 amide bonds. The number of aromatic carboxylic acids is 1. The van der Waals surface area contributed by atoms with Gasteiger partial charge in [-0.3, -0.25) is 0 Å². The fourth-order valence-corrected chi connectivity index (χ4v) is 2.08. The summed E-state index contributed by atoms with van der Waals surface area (Å²) in [5.74, 6) is -0.541. The van der Waals surface area contributed by atoms with Crippen molar-refractivity contribution in [1.82, 2.24) is 5.16 Å². The Morgan fingerprint density at radius 1 is 1.32 bits per heavy atom. The molecule has 0 bridgehead atoms. The Kier molecular flexibility index (Phi) is 4.00. The van der Waals surface area contributed by atoms with Crippen LogP contribution in [-0.2, 0) is 6.42 Å². The van der Waals surface area contributed by atoms with Crippen LogP contribution in [0.2, 0.25) is 0 Å². The molecule has 0 aliphatic rings. The predicted molar refractivity (Wildman–Crippen MR) is 72.2 cm³/mol. The largest absolute Gasteiger partial charge is 0.476 e. The molecule has 0 unspecified atom stereocenters. The third kappa shape index (κ3) is 2.84. The quantitative estimate of drug-likeness (QED) is 0.889. The molecule has 2 rings (SSSR count). The first-order valence-electron chi connectivity index (χ1n) is 6.42. The molecule has 0 atom stereocenters. The Labute approximate surface area is 112 Å². The summed E-state index contributed by atoms with van der Waals surface area (Å²) in [5, 5.41) is 12.7. The van der Waals surface area contributed by atoms with Crippen LogP contribution in [0.3, 0.4) is 0 Å². The van der Waals surface area contributed by atoms with Crippen LogP contribution < -0.4 is 0 Å². The van der Waals surface area contributed by atoms with Gasteiger partial charge in [-0.25, -0.2) is 4.79 Å². The molecule has 0 fully saturated rings. The van der Waals surface area contributed by atoms with E-state index >= 15 is 0 Å². The summed E-state index contributed by atoms with van der Waals surface area (Å²) in [7, 11) is 0. The van der Waals surface area contributed by atoms with Crippen molar-refractivity contribution in [3.63, 3.8) is 0 Å². The van der Waals surface area contributed by atoms with Crippen molar-refractivity contribution in [3.8, 4) is 11.1 Å². The highest BCUT2D eigenvalue weighted by Gasteiger charge is 2.20. The molecule has 2 aromatic rings. The molecule has 4 heteroatoms. The van der Waals surface area contributed by atoms with Crippen LogP contribution in [0, 0.1) is 6.92 Å². The lowest BCUT2D eigenvalue weighted by molar-refractivity contribution is 0.0686. The van der Waals surface area contributed by atoms with Gasteiger partial charge in [0.2, 0.25) is 0 Å². The maximum Gasteiger partial charge on any atom is 0.358 e. The van der Waals surface area contributed by atoms with E-state index in [0.717, 1.165) is 24.8 Å². The summed E-state index contributed by atoms with van der Waals surface area (Å²) in [6, 6.07) is 7.92. The molecule has 0 aliphatic heterocycles. The highest BCUT2D eigenvalue weighted by atomic mass is 16.5. The second-order valence-electron chi connectivity index (χ2n) is 4.57. The molecule has 0 radical (unpaired) electrons. The lowest BCUT2D eigenvalue weighted by atomic mass is 10.0. The van der Waals surface area contributed by atoms with E-state index < -0.39 is 5.97 Å². The van der Waals surface area contributed by atoms with Crippen LogP contribution in [0.1, 0.15) is 41.6 Å². The number of carboxylic acid groups (broad SMARTS) is 1. The second-order valence-corrected chi connectivity index (χ2v) is 4.57. The molecule has 1 N–H and O–H groups in total. The van der Waals surface area contributed by atoms with E-state index in [9.17, 15) is 4.79 Å². The summed E-state index contributed by atoms with van der Waals surface area (Å²) in [5.41, 5.74) is 2.63. The molecule has 0 saturated heterocycles. The van der Waals surface area contributed by atoms with E-state index in [1.54, 1.807) is 6.92 Å². The molecular weight excluding hydrogens is 242 g/mol. The Balaban J connectivity index is 2.32. The van der Waals surface area contributed by atoms with E-state index in [4.69, 9.17) is 9.63 Å². The average molecular weight is 259 g/mol. The molecule has 0 saturated carbocycles. The van der Waals surface area contributed by atoms with Crippen molar-refractivity contribution < 1.29 is 14.4 Å². The van der Waals surface area contributed by atoms with E-state index in [0.29, 0.717) is 11.3 Å². The van der Waals surface area contributed by atoms with E-state index in [1.165, 1.54) is 5.56 Å². The first kappa shape index (κ1) is 13.3. The Morgan fingerprint density at radius 2 is 2.00 bits per heavy atom. The molecule has 0 spiro atoms. The Bertz CT molecular complexity index is 570. The van der Waals surface area contributed by atoms with Gasteiger partial charge in [0, 0.05) is 0 Å². The normalized spacial score (nSPS) is 10.6. The monoisotopic (exact) mass is 259 g/mol. The first-order valence-corrected chi connectivity index (χ1v) is 6.42. The summed E-state index contributed by atoms with van der Waals surface area (Å²) in [6.45, 7) is 3.88. The molecule has 19 heavy (non-hydrogen) atoms. The van der Waals surface area contributed by atoms with Gasteiger partial charge in [-0.2, -0.15) is 0 Å². The van der Waals surface area contributed by atoms with Gasteiger partial charge in [-0.05, 0) is 30.9 Å². The van der Waals surface area contributed by atoms with Crippen LogP contribution in [0.4, 0.5) is 0 Å². The smallest absolute Gasteiger partial charge is 0.358 e. The van der Waals surface area contributed by atoms with Gasteiger partial charge in [0.05, 0.1) is 5.56 Å². The zero-order chi connectivity index (χ0) is 13.8. The molecule has 4 nitrogen and oxygen atoms in total. The van der Waals surface area contributed by atoms with Crippen molar-refractivity contribution in [2.24, 2.45) is 0 Å². The van der Waals surface area contributed by atoms with Crippen molar-refractivity contribution in [1.29, 1.82) is 0 Å². The van der Waals surface area contributed by atoms with Crippen LogP contribution in [0.15, 0.2) is 28.8 Å². The highest BCUT2D eigenvalue weighted by Crippen LogP contribution is 2.27. The Morgan fingerprint density at radius 3 is 2.58 bits per heavy atom. The maximum absolute atomic E-state index is 11.1. The van der Waals surface area contributed by atoms with Crippen LogP contribution in [-0.4, -0.2) is 16.2 Å². The number of benzene rings is 1. The lowest BCUT2D eigenvalue weighted by Crippen LogP contribution is -1.99. The summed E-state index contributed by atoms with van der Waals surface area (Å²) < 4.78 is 4.98. The highest BCUT2D eigenvalue weighted by molar-refractivity contribution is 5.94. The number of hydrogen-bond acceptors (Lipinski definition) is 3. The summed E-state index contributed by atoms with van der Waals surface area (Å²) in [4.78, 5) is 11.1. The third-order valence-electron chi connectivity index (χ3n) is 3.13. The predicted octanol–water partition coefficient (Wildman–Crippen LogP) is 3.69. The zero-order valence-electron chi connectivity index (χ0n) is 11.1.